The number of fused-ring (bicyclic) bond motifs is 4. The normalized spacial score (nSPS) is 19.0. The number of hydrogen-bond donors (Lipinski definition) is 0. The Kier molecular flexibility index (Phi) is 4.06. The lowest BCUT2D eigenvalue weighted by molar-refractivity contribution is 0.0953. The van der Waals surface area contributed by atoms with Crippen molar-refractivity contribution in [3.05, 3.63) is 96.2 Å². The Labute approximate surface area is 179 Å². The van der Waals surface area contributed by atoms with Crippen LogP contribution in [-0.4, -0.2) is 20.6 Å². The van der Waals surface area contributed by atoms with Crippen LogP contribution in [0.1, 0.15) is 49.7 Å². The third-order valence-electron chi connectivity index (χ3n) is 6.63. The molecule has 0 saturated carbocycles. The smallest absolute Gasteiger partial charge is 0.293 e. The van der Waals surface area contributed by atoms with Crippen molar-refractivity contribution < 1.29 is 4.79 Å². The third-order valence-corrected chi connectivity index (χ3v) is 6.63. The highest BCUT2D eigenvalue weighted by Gasteiger charge is 2.48. The van der Waals surface area contributed by atoms with E-state index in [-0.39, 0.29) is 5.78 Å². The molecule has 0 N–H and O–H groups in total. The van der Waals surface area contributed by atoms with Crippen molar-refractivity contribution in [3.63, 3.8) is 0 Å². The summed E-state index contributed by atoms with van der Waals surface area (Å²) >= 11 is 0. The highest BCUT2D eigenvalue weighted by atomic mass is 16.2. The Morgan fingerprint density at radius 1 is 0.806 bits per heavy atom. The number of rotatable bonds is 1. The SMILES string of the molecule is Cc1cc(C)c([C@H]2c3c(n(C)c(=O)n(C)c3=O)N=C3c4ccccc4C(=O)[C@H]32)c(C)c1. The molecule has 3 aromatic rings. The minimum atomic E-state index is -0.588. The summed E-state index contributed by atoms with van der Waals surface area (Å²) in [6.07, 6.45) is 0. The van der Waals surface area contributed by atoms with E-state index in [9.17, 15) is 14.4 Å². The third kappa shape index (κ3) is 2.51. The minimum Gasteiger partial charge on any atom is -0.293 e. The Morgan fingerprint density at radius 2 is 1.42 bits per heavy atom. The highest BCUT2D eigenvalue weighted by Crippen LogP contribution is 2.48. The number of carbonyl (C=O) groups excluding carboxylic acids is 1. The quantitative estimate of drug-likeness (QED) is 0.615. The number of Topliss-reactive ketones (excluding diaryl/α,β-unsaturated/α-hetero) is 1. The molecule has 0 fully saturated rings. The summed E-state index contributed by atoms with van der Waals surface area (Å²) in [7, 11) is 3.10. The molecule has 2 aliphatic rings. The molecule has 2 heterocycles. The number of nitrogens with zero attached hydrogens (tertiary/aromatic N) is 3. The van der Waals surface area contributed by atoms with Crippen LogP contribution in [0.25, 0.3) is 0 Å². The first-order chi connectivity index (χ1) is 14.7. The van der Waals surface area contributed by atoms with Gasteiger partial charge < -0.3 is 0 Å². The van der Waals surface area contributed by atoms with Crippen LogP contribution in [0.5, 0.6) is 0 Å². The summed E-state index contributed by atoms with van der Waals surface area (Å²) < 4.78 is 2.52. The van der Waals surface area contributed by atoms with Gasteiger partial charge >= 0.3 is 5.69 Å². The predicted octanol–water partition coefficient (Wildman–Crippen LogP) is 3.09. The molecular weight excluding hydrogens is 390 g/mol. The van der Waals surface area contributed by atoms with Crippen molar-refractivity contribution >= 4 is 17.3 Å². The number of benzene rings is 2. The van der Waals surface area contributed by atoms with Gasteiger partial charge in [0.05, 0.1) is 17.2 Å². The maximum absolute atomic E-state index is 13.6. The van der Waals surface area contributed by atoms with Gasteiger partial charge in [0.15, 0.2) is 5.78 Å². The summed E-state index contributed by atoms with van der Waals surface area (Å²) in [6.45, 7) is 6.06. The standard InChI is InChI=1S/C25H23N3O3/c1-12-10-13(2)17(14(3)11-12)18-19-21(15-8-6-7-9-16(15)22(19)29)26-23-20(18)24(30)28(5)25(31)27(23)4/h6-11,18-19H,1-5H3/t18-,19+/m1/s1. The maximum atomic E-state index is 13.6. The second-order valence-corrected chi connectivity index (χ2v) is 8.62. The summed E-state index contributed by atoms with van der Waals surface area (Å²) in [6, 6.07) is 11.6. The number of ketones is 1. The number of aromatic nitrogens is 2. The molecule has 0 bridgehead atoms. The van der Waals surface area contributed by atoms with E-state index in [1.165, 1.54) is 11.6 Å². The lowest BCUT2D eigenvalue weighted by Gasteiger charge is -2.32. The van der Waals surface area contributed by atoms with Crippen LogP contribution < -0.4 is 11.2 Å². The molecule has 2 aromatic carbocycles. The van der Waals surface area contributed by atoms with Crippen molar-refractivity contribution in [2.75, 3.05) is 0 Å². The van der Waals surface area contributed by atoms with E-state index in [1.807, 2.05) is 45.0 Å². The minimum absolute atomic E-state index is 0.0275. The topological polar surface area (TPSA) is 73.4 Å². The largest absolute Gasteiger partial charge is 0.332 e. The summed E-state index contributed by atoms with van der Waals surface area (Å²) in [5.74, 6) is -0.780. The molecule has 0 amide bonds. The Balaban J connectivity index is 1.95. The van der Waals surface area contributed by atoms with Crippen molar-refractivity contribution in [2.24, 2.45) is 25.0 Å². The van der Waals surface area contributed by atoms with Crippen molar-refractivity contribution in [1.82, 2.24) is 9.13 Å². The zero-order chi connectivity index (χ0) is 22.2. The number of carbonyl (C=O) groups is 1. The van der Waals surface area contributed by atoms with Crippen molar-refractivity contribution in [1.29, 1.82) is 0 Å². The summed E-state index contributed by atoms with van der Waals surface area (Å²) in [5, 5.41) is 0. The average molecular weight is 413 g/mol. The van der Waals surface area contributed by atoms with Crippen LogP contribution in [0.4, 0.5) is 5.82 Å². The van der Waals surface area contributed by atoms with Gasteiger partial charge in [-0.3, -0.25) is 18.7 Å². The second kappa shape index (κ2) is 6.48. The van der Waals surface area contributed by atoms with E-state index >= 15 is 0 Å². The zero-order valence-corrected chi connectivity index (χ0v) is 18.2. The first kappa shape index (κ1) is 19.4. The van der Waals surface area contributed by atoms with Crippen LogP contribution in [-0.2, 0) is 14.1 Å². The number of hydrogen-bond acceptors (Lipinski definition) is 4. The van der Waals surface area contributed by atoms with Gasteiger partial charge in [0.25, 0.3) is 5.56 Å². The zero-order valence-electron chi connectivity index (χ0n) is 18.2. The molecule has 1 aliphatic carbocycles. The van der Waals surface area contributed by atoms with Gasteiger partial charge in [-0.1, -0.05) is 42.0 Å². The Morgan fingerprint density at radius 3 is 2.06 bits per heavy atom. The second-order valence-electron chi connectivity index (χ2n) is 8.62. The van der Waals surface area contributed by atoms with Gasteiger partial charge in [-0.05, 0) is 37.5 Å². The number of aliphatic imine (C=N–C) groups is 1. The van der Waals surface area contributed by atoms with Gasteiger partial charge in [0, 0.05) is 31.1 Å². The first-order valence-corrected chi connectivity index (χ1v) is 10.3. The van der Waals surface area contributed by atoms with Crippen LogP contribution in [0.2, 0.25) is 0 Å². The lowest BCUT2D eigenvalue weighted by atomic mass is 9.73. The van der Waals surface area contributed by atoms with E-state index in [2.05, 4.69) is 12.1 Å². The van der Waals surface area contributed by atoms with E-state index in [4.69, 9.17) is 4.99 Å². The monoisotopic (exact) mass is 413 g/mol. The molecule has 5 rings (SSSR count). The van der Waals surface area contributed by atoms with Gasteiger partial charge in [-0.2, -0.15) is 0 Å². The molecule has 6 nitrogen and oxygen atoms in total. The molecule has 0 saturated heterocycles. The summed E-state index contributed by atoms with van der Waals surface area (Å²) in [4.78, 5) is 44.4. The molecule has 6 heteroatoms. The fourth-order valence-corrected chi connectivity index (χ4v) is 5.36. The molecule has 0 unspecified atom stereocenters. The van der Waals surface area contributed by atoms with Gasteiger partial charge in [0.1, 0.15) is 5.82 Å². The molecule has 1 aromatic heterocycles. The lowest BCUT2D eigenvalue weighted by Crippen LogP contribution is -2.43. The van der Waals surface area contributed by atoms with Crippen LogP contribution in [0.15, 0.2) is 51.0 Å². The molecular formula is C25H23N3O3. The van der Waals surface area contributed by atoms with Crippen molar-refractivity contribution in [3.8, 4) is 0 Å². The molecule has 0 spiro atoms. The van der Waals surface area contributed by atoms with Crippen molar-refractivity contribution in [2.45, 2.75) is 26.7 Å². The van der Waals surface area contributed by atoms with E-state index in [1.54, 1.807) is 7.05 Å². The highest BCUT2D eigenvalue weighted by molar-refractivity contribution is 6.30. The number of aryl methyl sites for hydroxylation is 3. The maximum Gasteiger partial charge on any atom is 0.332 e. The molecule has 156 valence electrons. The van der Waals surface area contributed by atoms with Crippen LogP contribution in [0.3, 0.4) is 0 Å². The van der Waals surface area contributed by atoms with Crippen LogP contribution in [0, 0.1) is 26.7 Å². The van der Waals surface area contributed by atoms with E-state index in [0.717, 1.165) is 32.4 Å². The predicted molar refractivity (Wildman–Crippen MR) is 120 cm³/mol. The Bertz CT molecular complexity index is 1430. The fraction of sp³-hybridized carbons (Fsp3) is 0.280. The van der Waals surface area contributed by atoms with Gasteiger partial charge in [-0.15, -0.1) is 0 Å². The molecule has 1 aliphatic heterocycles. The van der Waals surface area contributed by atoms with E-state index in [0.29, 0.717) is 22.7 Å². The van der Waals surface area contributed by atoms with Gasteiger partial charge in [0.2, 0.25) is 0 Å². The van der Waals surface area contributed by atoms with Crippen LogP contribution >= 0.6 is 0 Å². The molecule has 2 atom stereocenters. The summed E-state index contributed by atoms with van der Waals surface area (Å²) in [5.41, 5.74) is 5.75. The molecule has 0 radical (unpaired) electrons. The molecule has 31 heavy (non-hydrogen) atoms. The van der Waals surface area contributed by atoms with Gasteiger partial charge in [-0.25, -0.2) is 9.79 Å². The fourth-order valence-electron chi connectivity index (χ4n) is 5.36. The van der Waals surface area contributed by atoms with E-state index < -0.39 is 23.1 Å². The Hall–Kier alpha value is -3.54. The first-order valence-electron chi connectivity index (χ1n) is 10.3. The average Bonchev–Trinajstić information content (AvgIpc) is 3.02.